The van der Waals surface area contributed by atoms with Gasteiger partial charge < -0.3 is 10.6 Å². The molecule has 3 unspecified atom stereocenters. The quantitative estimate of drug-likeness (QED) is 0.848. The minimum absolute atomic E-state index is 0.144. The van der Waals surface area contributed by atoms with Crippen molar-refractivity contribution in [3.63, 3.8) is 0 Å². The first kappa shape index (κ1) is 17.2. The summed E-state index contributed by atoms with van der Waals surface area (Å²) in [5, 5.41) is 9.96. The van der Waals surface area contributed by atoms with Crippen molar-refractivity contribution in [1.82, 2.24) is 20.4 Å². The molecule has 2 amide bonds. The second-order valence-corrected chi connectivity index (χ2v) is 6.97. The lowest BCUT2D eigenvalue weighted by molar-refractivity contribution is 0.235. The van der Waals surface area contributed by atoms with Gasteiger partial charge in [0.1, 0.15) is 0 Å². The number of hydrogen-bond donors (Lipinski definition) is 2. The molecule has 0 saturated carbocycles. The molecule has 0 saturated heterocycles. The lowest BCUT2D eigenvalue weighted by atomic mass is 10.1. The van der Waals surface area contributed by atoms with E-state index < -0.39 is 10.8 Å². The van der Waals surface area contributed by atoms with Gasteiger partial charge in [0.25, 0.3) is 0 Å². The smallest absolute Gasteiger partial charge is 0.315 e. The molecule has 1 aromatic carbocycles. The van der Waals surface area contributed by atoms with Gasteiger partial charge in [-0.1, -0.05) is 18.2 Å². The largest absolute Gasteiger partial charge is 0.335 e. The number of aromatic nitrogens is 2. The van der Waals surface area contributed by atoms with Crippen LogP contribution in [0.1, 0.15) is 25.5 Å². The van der Waals surface area contributed by atoms with Crippen LogP contribution in [0.25, 0.3) is 5.69 Å². The summed E-state index contributed by atoms with van der Waals surface area (Å²) in [5.74, 6) is 0.436. The van der Waals surface area contributed by atoms with E-state index in [-0.39, 0.29) is 18.1 Å². The van der Waals surface area contributed by atoms with Crippen LogP contribution in [0, 0.1) is 0 Å². The first-order chi connectivity index (χ1) is 11.0. The van der Waals surface area contributed by atoms with E-state index in [1.165, 1.54) is 0 Å². The van der Waals surface area contributed by atoms with Crippen molar-refractivity contribution in [3.8, 4) is 5.69 Å². The number of para-hydroxylation sites is 1. The second kappa shape index (κ2) is 7.92. The van der Waals surface area contributed by atoms with Crippen molar-refractivity contribution in [2.75, 3.05) is 12.0 Å². The van der Waals surface area contributed by atoms with Crippen molar-refractivity contribution in [1.29, 1.82) is 0 Å². The van der Waals surface area contributed by atoms with Crippen LogP contribution in [0.3, 0.4) is 0 Å². The number of nitrogens with one attached hydrogen (secondary N) is 2. The maximum absolute atomic E-state index is 12.1. The molecule has 0 aliphatic heterocycles. The zero-order chi connectivity index (χ0) is 16.8. The van der Waals surface area contributed by atoms with E-state index in [0.717, 1.165) is 11.3 Å². The first-order valence-corrected chi connectivity index (χ1v) is 9.16. The van der Waals surface area contributed by atoms with Gasteiger partial charge in [0.15, 0.2) is 0 Å². The van der Waals surface area contributed by atoms with Crippen molar-refractivity contribution in [2.45, 2.75) is 25.9 Å². The number of urea groups is 1. The molecule has 124 valence electrons. The van der Waals surface area contributed by atoms with Gasteiger partial charge in [0.05, 0.1) is 11.7 Å². The second-order valence-electron chi connectivity index (χ2n) is 5.49. The van der Waals surface area contributed by atoms with E-state index in [2.05, 4.69) is 15.7 Å². The molecular formula is C16H22N4O2S. The number of rotatable bonds is 6. The minimum Gasteiger partial charge on any atom is -0.335 e. The highest BCUT2D eigenvalue weighted by Gasteiger charge is 2.15. The summed E-state index contributed by atoms with van der Waals surface area (Å²) in [4.78, 5) is 12.1. The van der Waals surface area contributed by atoms with E-state index >= 15 is 0 Å². The van der Waals surface area contributed by atoms with E-state index in [9.17, 15) is 9.00 Å². The van der Waals surface area contributed by atoms with Gasteiger partial charge in [-0.3, -0.25) is 4.21 Å². The molecule has 2 N–H and O–H groups in total. The molecule has 0 radical (unpaired) electrons. The molecule has 1 aromatic heterocycles. The zero-order valence-corrected chi connectivity index (χ0v) is 14.3. The molecule has 1 heterocycles. The van der Waals surface area contributed by atoms with Crippen LogP contribution in [0.5, 0.6) is 0 Å². The minimum atomic E-state index is -0.939. The van der Waals surface area contributed by atoms with Gasteiger partial charge in [0.2, 0.25) is 0 Å². The van der Waals surface area contributed by atoms with Crippen LogP contribution in [0.15, 0.2) is 42.7 Å². The van der Waals surface area contributed by atoms with Gasteiger partial charge in [-0.05, 0) is 31.5 Å². The molecule has 0 fully saturated rings. The molecule has 0 aliphatic rings. The van der Waals surface area contributed by atoms with Crippen molar-refractivity contribution in [3.05, 3.63) is 48.3 Å². The van der Waals surface area contributed by atoms with Crippen LogP contribution < -0.4 is 10.6 Å². The van der Waals surface area contributed by atoms with E-state index in [4.69, 9.17) is 0 Å². The summed E-state index contributed by atoms with van der Waals surface area (Å²) < 4.78 is 13.0. The predicted octanol–water partition coefficient (Wildman–Crippen LogP) is 2.00. The van der Waals surface area contributed by atoms with Crippen LogP contribution in [-0.4, -0.2) is 38.1 Å². The van der Waals surface area contributed by atoms with E-state index in [1.54, 1.807) is 17.1 Å². The number of amides is 2. The van der Waals surface area contributed by atoms with Gasteiger partial charge in [0, 0.05) is 41.2 Å². The van der Waals surface area contributed by atoms with E-state index in [1.807, 2.05) is 50.4 Å². The number of benzene rings is 1. The summed E-state index contributed by atoms with van der Waals surface area (Å²) >= 11 is 0. The van der Waals surface area contributed by atoms with E-state index in [0.29, 0.717) is 5.75 Å². The third-order valence-electron chi connectivity index (χ3n) is 3.36. The van der Waals surface area contributed by atoms with Crippen LogP contribution in [0.4, 0.5) is 4.79 Å². The number of carbonyl (C=O) groups is 1. The fraction of sp³-hybridized carbons (Fsp3) is 0.375. The fourth-order valence-electron chi connectivity index (χ4n) is 2.41. The third-order valence-corrected chi connectivity index (χ3v) is 4.33. The topological polar surface area (TPSA) is 76.0 Å². The standard InChI is InChI=1S/C16H22N4O2S/c1-12(11-23(3)22)18-16(21)19-13(2)14-7-4-5-8-15(14)20-10-6-9-17-20/h4-10,12-13H,11H2,1-3H3,(H2,18,19,21). The number of carbonyl (C=O) groups excluding carboxylic acids is 1. The summed E-state index contributed by atoms with van der Waals surface area (Å²) in [6.45, 7) is 3.76. The number of nitrogens with zero attached hydrogens (tertiary/aromatic N) is 2. The van der Waals surface area contributed by atoms with Gasteiger partial charge in [-0.15, -0.1) is 0 Å². The Bertz CT molecular complexity index is 672. The number of hydrogen-bond acceptors (Lipinski definition) is 3. The molecule has 3 atom stereocenters. The summed E-state index contributed by atoms with van der Waals surface area (Å²) in [5.41, 5.74) is 1.89. The Kier molecular flexibility index (Phi) is 5.92. The molecule has 0 aliphatic carbocycles. The highest BCUT2D eigenvalue weighted by Crippen LogP contribution is 2.20. The highest BCUT2D eigenvalue weighted by molar-refractivity contribution is 7.84. The Hall–Kier alpha value is -2.15. The lowest BCUT2D eigenvalue weighted by Crippen LogP contribution is -2.43. The Morgan fingerprint density at radius 2 is 2.00 bits per heavy atom. The summed E-state index contributed by atoms with van der Waals surface area (Å²) in [7, 11) is -0.939. The lowest BCUT2D eigenvalue weighted by Gasteiger charge is -2.20. The molecule has 7 heteroatoms. The summed E-state index contributed by atoms with van der Waals surface area (Å²) in [6, 6.07) is 9.05. The average Bonchev–Trinajstić information content (AvgIpc) is 3.00. The Labute approximate surface area is 138 Å². The fourth-order valence-corrected chi connectivity index (χ4v) is 3.19. The summed E-state index contributed by atoms with van der Waals surface area (Å²) in [6.07, 6.45) is 5.21. The monoisotopic (exact) mass is 334 g/mol. The predicted molar refractivity (Wildman–Crippen MR) is 92.0 cm³/mol. The molecule has 2 rings (SSSR count). The normalized spacial score (nSPS) is 14.7. The first-order valence-electron chi connectivity index (χ1n) is 7.43. The van der Waals surface area contributed by atoms with Crippen molar-refractivity contribution >= 4 is 16.8 Å². The third kappa shape index (κ3) is 4.92. The molecule has 23 heavy (non-hydrogen) atoms. The SMILES string of the molecule is CC(CS(C)=O)NC(=O)NC(C)c1ccccc1-n1cccn1. The molecule has 0 bridgehead atoms. The molecule has 6 nitrogen and oxygen atoms in total. The average molecular weight is 334 g/mol. The van der Waals surface area contributed by atoms with Crippen LogP contribution in [-0.2, 0) is 10.8 Å². The maximum Gasteiger partial charge on any atom is 0.315 e. The Balaban J connectivity index is 2.05. The zero-order valence-electron chi connectivity index (χ0n) is 13.5. The Morgan fingerprint density at radius 1 is 1.26 bits per heavy atom. The van der Waals surface area contributed by atoms with Crippen molar-refractivity contribution in [2.24, 2.45) is 0 Å². The Morgan fingerprint density at radius 3 is 2.65 bits per heavy atom. The van der Waals surface area contributed by atoms with Crippen LogP contribution >= 0.6 is 0 Å². The molecule has 2 aromatic rings. The van der Waals surface area contributed by atoms with Crippen molar-refractivity contribution < 1.29 is 9.00 Å². The van der Waals surface area contributed by atoms with Gasteiger partial charge in [-0.2, -0.15) is 5.10 Å². The van der Waals surface area contributed by atoms with Crippen LogP contribution in [0.2, 0.25) is 0 Å². The highest BCUT2D eigenvalue weighted by atomic mass is 32.2. The maximum atomic E-state index is 12.1. The van der Waals surface area contributed by atoms with Gasteiger partial charge >= 0.3 is 6.03 Å². The molecular weight excluding hydrogens is 312 g/mol. The van der Waals surface area contributed by atoms with Gasteiger partial charge in [-0.25, -0.2) is 9.48 Å². The molecule has 0 spiro atoms.